The fourth-order valence-electron chi connectivity index (χ4n) is 5.82. The fraction of sp³-hybridized carbons (Fsp3) is 0. The summed E-state index contributed by atoms with van der Waals surface area (Å²) in [7, 11) is 0. The molecule has 8 aromatic rings. The second-order valence-corrected chi connectivity index (χ2v) is 11.7. The molecule has 0 spiro atoms. The fourth-order valence-corrected chi connectivity index (χ4v) is 5.82. The first-order valence-electron chi connectivity index (χ1n) is 16.2. The third kappa shape index (κ3) is 6.40. The lowest BCUT2D eigenvalue weighted by molar-refractivity contribution is 1.07. The minimum Gasteiger partial charge on any atom is -0.228 e. The van der Waals surface area contributed by atoms with Crippen molar-refractivity contribution in [2.24, 2.45) is 0 Å². The molecule has 2 aromatic heterocycles. The normalized spacial score (nSPS) is 10.8. The molecule has 0 aliphatic carbocycles. The summed E-state index contributed by atoms with van der Waals surface area (Å²) in [6.45, 7) is 0. The molecule has 0 amide bonds. The quantitative estimate of drug-likeness (QED) is 0.172. The van der Waals surface area contributed by atoms with Crippen LogP contribution in [0.2, 0.25) is 0 Å². The van der Waals surface area contributed by atoms with Crippen LogP contribution in [0.15, 0.2) is 170 Å². The van der Waals surface area contributed by atoms with Crippen molar-refractivity contribution in [3.05, 3.63) is 175 Å². The lowest BCUT2D eigenvalue weighted by atomic mass is 10.0. The Morgan fingerprint density at radius 1 is 0.300 bits per heavy atom. The molecule has 0 saturated heterocycles. The maximum Gasteiger partial charge on any atom is 0.164 e. The zero-order valence-corrected chi connectivity index (χ0v) is 26.8. The van der Waals surface area contributed by atoms with Crippen molar-refractivity contribution in [1.29, 1.82) is 5.26 Å². The van der Waals surface area contributed by atoms with Gasteiger partial charge in [-0.2, -0.15) is 5.26 Å². The van der Waals surface area contributed by atoms with Gasteiger partial charge < -0.3 is 0 Å². The first-order valence-corrected chi connectivity index (χ1v) is 16.2. The van der Waals surface area contributed by atoms with Crippen LogP contribution in [0, 0.1) is 11.3 Å². The summed E-state index contributed by atoms with van der Waals surface area (Å²) in [6.07, 6.45) is 0. The minimum absolute atomic E-state index is 0.584. The third-order valence-corrected chi connectivity index (χ3v) is 8.38. The highest BCUT2D eigenvalue weighted by atomic mass is 15.0. The highest BCUT2D eigenvalue weighted by molar-refractivity contribution is 5.76. The number of nitrogens with zero attached hydrogens (tertiary/aromatic N) is 6. The van der Waals surface area contributed by atoms with Gasteiger partial charge in [0.1, 0.15) is 0 Å². The first-order chi connectivity index (χ1) is 24.7. The van der Waals surface area contributed by atoms with Crippen molar-refractivity contribution in [3.63, 3.8) is 0 Å². The number of hydrogen-bond acceptors (Lipinski definition) is 6. The van der Waals surface area contributed by atoms with E-state index in [1.807, 2.05) is 140 Å². The maximum absolute atomic E-state index is 9.50. The molecule has 2 heterocycles. The Morgan fingerprint density at radius 3 is 1.32 bits per heavy atom. The highest BCUT2D eigenvalue weighted by Gasteiger charge is 2.14. The van der Waals surface area contributed by atoms with Gasteiger partial charge >= 0.3 is 0 Å². The molecule has 0 fully saturated rings. The lowest BCUT2D eigenvalue weighted by Gasteiger charge is -2.11. The molecule has 0 atom stereocenters. The molecule has 0 radical (unpaired) electrons. The molecule has 234 valence electrons. The van der Waals surface area contributed by atoms with E-state index < -0.39 is 0 Å². The summed E-state index contributed by atoms with van der Waals surface area (Å²) < 4.78 is 0. The number of nitriles is 1. The molecule has 0 unspecified atom stereocenters. The largest absolute Gasteiger partial charge is 0.228 e. The Kier molecular flexibility index (Phi) is 8.20. The molecule has 8 rings (SSSR count). The van der Waals surface area contributed by atoms with Gasteiger partial charge in [0.05, 0.1) is 23.0 Å². The van der Waals surface area contributed by atoms with Crippen molar-refractivity contribution >= 4 is 0 Å². The van der Waals surface area contributed by atoms with E-state index in [9.17, 15) is 5.26 Å². The Labute approximate surface area is 290 Å². The smallest absolute Gasteiger partial charge is 0.164 e. The summed E-state index contributed by atoms with van der Waals surface area (Å²) in [5.74, 6) is 2.47. The van der Waals surface area contributed by atoms with Crippen molar-refractivity contribution in [3.8, 4) is 85.3 Å². The SMILES string of the molecule is N#Cc1cccc(-c2cc(-c3ccccc3)nc(-c3ccc(-c4cccc(-c5nc(-c6ccccc6)nc(-c6ccccc6)n5)c4)cc3)n2)c1. The molecule has 50 heavy (non-hydrogen) atoms. The Hall–Kier alpha value is -7.10. The van der Waals surface area contributed by atoms with Gasteiger partial charge in [0.2, 0.25) is 0 Å². The van der Waals surface area contributed by atoms with E-state index >= 15 is 0 Å². The lowest BCUT2D eigenvalue weighted by Crippen LogP contribution is -2.00. The average Bonchev–Trinajstić information content (AvgIpc) is 3.21. The van der Waals surface area contributed by atoms with Crippen LogP contribution >= 0.6 is 0 Å². The van der Waals surface area contributed by atoms with Gasteiger partial charge in [-0.1, -0.05) is 146 Å². The summed E-state index contributed by atoms with van der Waals surface area (Å²) >= 11 is 0. The van der Waals surface area contributed by atoms with E-state index in [1.54, 1.807) is 6.07 Å². The molecule has 0 aliphatic heterocycles. The van der Waals surface area contributed by atoms with E-state index in [4.69, 9.17) is 24.9 Å². The number of aromatic nitrogens is 5. The summed E-state index contributed by atoms with van der Waals surface area (Å²) in [5, 5.41) is 9.50. The standard InChI is InChI=1S/C44H28N6/c45-29-30-12-10-20-37(26-30)40-28-39(32-13-4-1-5-14-32)46-41(47-40)35-24-22-31(23-25-35)36-19-11-21-38(27-36)44-49-42(33-15-6-2-7-16-33)48-43(50-44)34-17-8-3-9-18-34/h1-28H. The van der Waals surface area contributed by atoms with Gasteiger partial charge in [0.15, 0.2) is 23.3 Å². The summed E-state index contributed by atoms with van der Waals surface area (Å²) in [4.78, 5) is 24.6. The molecule has 0 saturated carbocycles. The van der Waals surface area contributed by atoms with Crippen molar-refractivity contribution in [1.82, 2.24) is 24.9 Å². The van der Waals surface area contributed by atoms with Crippen LogP contribution in [0.1, 0.15) is 5.56 Å². The average molecular weight is 641 g/mol. The molecule has 0 aliphatic rings. The zero-order valence-electron chi connectivity index (χ0n) is 26.8. The Bertz CT molecular complexity index is 2420. The second kappa shape index (κ2) is 13.6. The minimum atomic E-state index is 0.584. The van der Waals surface area contributed by atoms with Gasteiger partial charge in [-0.25, -0.2) is 24.9 Å². The van der Waals surface area contributed by atoms with Crippen LogP contribution in [0.3, 0.4) is 0 Å². The Balaban J connectivity index is 1.16. The van der Waals surface area contributed by atoms with Crippen molar-refractivity contribution in [2.45, 2.75) is 0 Å². The number of benzene rings is 6. The molecular formula is C44H28N6. The highest BCUT2D eigenvalue weighted by Crippen LogP contribution is 2.31. The number of rotatable bonds is 7. The molecule has 0 N–H and O–H groups in total. The third-order valence-electron chi connectivity index (χ3n) is 8.38. The first kappa shape index (κ1) is 30.2. The van der Waals surface area contributed by atoms with Crippen LogP contribution in [0.4, 0.5) is 0 Å². The van der Waals surface area contributed by atoms with Gasteiger partial charge in [-0.05, 0) is 35.4 Å². The topological polar surface area (TPSA) is 88.2 Å². The predicted octanol–water partition coefficient (Wildman–Crippen LogP) is 10.2. The maximum atomic E-state index is 9.50. The molecule has 6 nitrogen and oxygen atoms in total. The number of hydrogen-bond donors (Lipinski definition) is 0. The van der Waals surface area contributed by atoms with Crippen LogP contribution in [-0.4, -0.2) is 24.9 Å². The molecule has 6 heteroatoms. The zero-order chi connectivity index (χ0) is 33.7. The van der Waals surface area contributed by atoms with Gasteiger partial charge in [0, 0.05) is 33.4 Å². The summed E-state index contributed by atoms with van der Waals surface area (Å²) in [6, 6.07) is 58.2. The van der Waals surface area contributed by atoms with E-state index in [1.165, 1.54) is 0 Å². The van der Waals surface area contributed by atoms with Crippen LogP contribution in [0.25, 0.3) is 79.2 Å². The van der Waals surface area contributed by atoms with E-state index in [0.29, 0.717) is 28.9 Å². The Morgan fingerprint density at radius 2 is 0.720 bits per heavy atom. The van der Waals surface area contributed by atoms with Crippen LogP contribution in [-0.2, 0) is 0 Å². The molecule has 6 aromatic carbocycles. The van der Waals surface area contributed by atoms with Crippen molar-refractivity contribution < 1.29 is 0 Å². The van der Waals surface area contributed by atoms with Gasteiger partial charge in [-0.15, -0.1) is 0 Å². The van der Waals surface area contributed by atoms with E-state index in [2.05, 4.69) is 30.3 Å². The van der Waals surface area contributed by atoms with Crippen LogP contribution < -0.4 is 0 Å². The second-order valence-electron chi connectivity index (χ2n) is 11.7. The monoisotopic (exact) mass is 640 g/mol. The molecular weight excluding hydrogens is 613 g/mol. The van der Waals surface area contributed by atoms with Gasteiger partial charge in [-0.3, -0.25) is 0 Å². The summed E-state index contributed by atoms with van der Waals surface area (Å²) in [5.41, 5.74) is 9.72. The molecule has 0 bridgehead atoms. The van der Waals surface area contributed by atoms with Crippen LogP contribution in [0.5, 0.6) is 0 Å². The van der Waals surface area contributed by atoms with E-state index in [0.717, 1.165) is 55.9 Å². The van der Waals surface area contributed by atoms with Gasteiger partial charge in [0.25, 0.3) is 0 Å². The predicted molar refractivity (Wildman–Crippen MR) is 198 cm³/mol. The van der Waals surface area contributed by atoms with Crippen molar-refractivity contribution in [2.75, 3.05) is 0 Å². The van der Waals surface area contributed by atoms with E-state index in [-0.39, 0.29) is 0 Å².